The lowest BCUT2D eigenvalue weighted by atomic mass is 10.1. The van der Waals surface area contributed by atoms with Crippen LogP contribution < -0.4 is 4.74 Å². The zero-order valence-corrected chi connectivity index (χ0v) is 14.2. The van der Waals surface area contributed by atoms with Crippen molar-refractivity contribution in [2.45, 2.75) is 56.8 Å². The SMILES string of the molecule is CCCCCCCCC=CC(=O)Oc1ccccc1S(=O)(=O)O. The molecule has 0 fully saturated rings. The highest BCUT2D eigenvalue weighted by molar-refractivity contribution is 7.86. The van der Waals surface area contributed by atoms with Crippen molar-refractivity contribution in [3.63, 3.8) is 0 Å². The van der Waals surface area contributed by atoms with Crippen LogP contribution in [0.25, 0.3) is 0 Å². The highest BCUT2D eigenvalue weighted by atomic mass is 32.2. The zero-order chi connectivity index (χ0) is 17.1. The average Bonchev–Trinajstić information content (AvgIpc) is 2.49. The van der Waals surface area contributed by atoms with E-state index >= 15 is 0 Å². The molecule has 128 valence electrons. The summed E-state index contributed by atoms with van der Waals surface area (Å²) >= 11 is 0. The van der Waals surface area contributed by atoms with Crippen LogP contribution in [0.15, 0.2) is 41.3 Å². The van der Waals surface area contributed by atoms with Crippen molar-refractivity contribution in [3.8, 4) is 5.75 Å². The minimum atomic E-state index is -4.42. The Bertz CT molecular complexity index is 620. The Balaban J connectivity index is 2.41. The quantitative estimate of drug-likeness (QED) is 0.227. The van der Waals surface area contributed by atoms with Gasteiger partial charge in [-0.3, -0.25) is 4.55 Å². The van der Waals surface area contributed by atoms with E-state index in [0.29, 0.717) is 0 Å². The first kappa shape index (κ1) is 19.4. The van der Waals surface area contributed by atoms with Crippen molar-refractivity contribution < 1.29 is 22.5 Å². The number of hydrogen-bond acceptors (Lipinski definition) is 4. The Hall–Kier alpha value is -1.66. The van der Waals surface area contributed by atoms with Crippen molar-refractivity contribution in [3.05, 3.63) is 36.4 Å². The maximum atomic E-state index is 11.7. The van der Waals surface area contributed by atoms with Gasteiger partial charge in [-0.25, -0.2) is 4.79 Å². The highest BCUT2D eigenvalue weighted by Crippen LogP contribution is 2.23. The molecule has 0 heterocycles. The molecule has 0 atom stereocenters. The maximum absolute atomic E-state index is 11.7. The van der Waals surface area contributed by atoms with E-state index in [1.807, 2.05) is 0 Å². The van der Waals surface area contributed by atoms with Gasteiger partial charge in [0.15, 0.2) is 5.75 Å². The van der Waals surface area contributed by atoms with Crippen molar-refractivity contribution in [2.24, 2.45) is 0 Å². The number of benzene rings is 1. The molecule has 5 nitrogen and oxygen atoms in total. The number of allylic oxidation sites excluding steroid dienone is 1. The minimum absolute atomic E-state index is 0.177. The molecule has 1 N–H and O–H groups in total. The summed E-state index contributed by atoms with van der Waals surface area (Å²) in [5, 5.41) is 0. The molecular weight excluding hydrogens is 316 g/mol. The van der Waals surface area contributed by atoms with Gasteiger partial charge < -0.3 is 4.74 Å². The first-order chi connectivity index (χ1) is 10.9. The molecule has 0 amide bonds. The second kappa shape index (κ2) is 10.2. The highest BCUT2D eigenvalue weighted by Gasteiger charge is 2.17. The van der Waals surface area contributed by atoms with Crippen LogP contribution >= 0.6 is 0 Å². The summed E-state index contributed by atoms with van der Waals surface area (Å²) in [4.78, 5) is 11.3. The van der Waals surface area contributed by atoms with E-state index < -0.39 is 21.0 Å². The third kappa shape index (κ3) is 7.95. The Morgan fingerprint density at radius 2 is 1.78 bits per heavy atom. The molecule has 0 aliphatic heterocycles. The number of rotatable bonds is 10. The molecular formula is C17H24O5S. The van der Waals surface area contributed by atoms with Crippen LogP contribution in [0.3, 0.4) is 0 Å². The van der Waals surface area contributed by atoms with Gasteiger partial charge in [0.1, 0.15) is 4.90 Å². The zero-order valence-electron chi connectivity index (χ0n) is 13.4. The predicted octanol–water partition coefficient (Wildman–Crippen LogP) is 4.15. The molecule has 0 bridgehead atoms. The van der Waals surface area contributed by atoms with Gasteiger partial charge >= 0.3 is 5.97 Å². The van der Waals surface area contributed by atoms with Crippen molar-refractivity contribution >= 4 is 16.1 Å². The molecule has 6 heteroatoms. The van der Waals surface area contributed by atoms with Gasteiger partial charge in [-0.05, 0) is 25.0 Å². The normalized spacial score (nSPS) is 11.7. The molecule has 0 aliphatic rings. The summed E-state index contributed by atoms with van der Waals surface area (Å²) in [6, 6.07) is 5.46. The smallest absolute Gasteiger partial charge is 0.335 e. The van der Waals surface area contributed by atoms with Gasteiger partial charge in [0.2, 0.25) is 0 Å². The molecule has 0 aliphatic carbocycles. The lowest BCUT2D eigenvalue weighted by Gasteiger charge is -2.05. The molecule has 0 aromatic heterocycles. The van der Waals surface area contributed by atoms with E-state index in [1.165, 1.54) is 56.0 Å². The number of ether oxygens (including phenoxy) is 1. The van der Waals surface area contributed by atoms with E-state index in [2.05, 4.69) is 6.92 Å². The monoisotopic (exact) mass is 340 g/mol. The Morgan fingerprint density at radius 1 is 1.13 bits per heavy atom. The number of para-hydroxylation sites is 1. The summed E-state index contributed by atoms with van der Waals surface area (Å²) in [5.74, 6) is -0.837. The summed E-state index contributed by atoms with van der Waals surface area (Å²) in [6.45, 7) is 2.18. The maximum Gasteiger partial charge on any atom is 0.335 e. The van der Waals surface area contributed by atoms with Crippen LogP contribution in [0.1, 0.15) is 51.9 Å². The molecule has 23 heavy (non-hydrogen) atoms. The molecule has 1 rings (SSSR count). The van der Waals surface area contributed by atoms with Gasteiger partial charge in [0.05, 0.1) is 0 Å². The molecule has 1 aromatic carbocycles. The van der Waals surface area contributed by atoms with E-state index in [-0.39, 0.29) is 5.75 Å². The number of hydrogen-bond donors (Lipinski definition) is 1. The van der Waals surface area contributed by atoms with E-state index in [9.17, 15) is 13.2 Å². The third-order valence-electron chi connectivity index (χ3n) is 3.32. The van der Waals surface area contributed by atoms with E-state index in [1.54, 1.807) is 6.08 Å². The topological polar surface area (TPSA) is 80.7 Å². The predicted molar refractivity (Wildman–Crippen MR) is 89.0 cm³/mol. The number of carbonyl (C=O) groups is 1. The van der Waals surface area contributed by atoms with Crippen molar-refractivity contribution in [1.29, 1.82) is 0 Å². The summed E-state index contributed by atoms with van der Waals surface area (Å²) in [5.41, 5.74) is 0. The number of esters is 1. The minimum Gasteiger partial charge on any atom is -0.422 e. The first-order valence-electron chi connectivity index (χ1n) is 7.90. The average molecular weight is 340 g/mol. The fourth-order valence-electron chi connectivity index (χ4n) is 2.11. The fraction of sp³-hybridized carbons (Fsp3) is 0.471. The van der Waals surface area contributed by atoms with Crippen LogP contribution in [0.2, 0.25) is 0 Å². The van der Waals surface area contributed by atoms with Crippen LogP contribution in [0, 0.1) is 0 Å². The number of carbonyl (C=O) groups excluding carboxylic acids is 1. The molecule has 0 unspecified atom stereocenters. The summed E-state index contributed by atoms with van der Waals surface area (Å²) < 4.78 is 36.4. The second-order valence-corrected chi connectivity index (χ2v) is 6.69. The first-order valence-corrected chi connectivity index (χ1v) is 9.34. The van der Waals surface area contributed by atoms with Gasteiger partial charge in [-0.1, -0.05) is 57.2 Å². The van der Waals surface area contributed by atoms with Gasteiger partial charge in [-0.2, -0.15) is 8.42 Å². The second-order valence-electron chi connectivity index (χ2n) is 5.30. The van der Waals surface area contributed by atoms with Crippen molar-refractivity contribution in [2.75, 3.05) is 0 Å². The van der Waals surface area contributed by atoms with Gasteiger partial charge in [-0.15, -0.1) is 0 Å². The molecule has 0 saturated heterocycles. The Morgan fingerprint density at radius 3 is 2.48 bits per heavy atom. The standard InChI is InChI=1S/C17H24O5S/c1-2-3-4-5-6-7-8-9-14-17(18)22-15-12-10-11-13-16(15)23(19,20)21/h9-14H,2-8H2,1H3,(H,19,20,21). The largest absolute Gasteiger partial charge is 0.422 e. The van der Waals surface area contributed by atoms with Crippen LogP contribution in [0.5, 0.6) is 5.75 Å². The van der Waals surface area contributed by atoms with Crippen LogP contribution in [0.4, 0.5) is 0 Å². The molecule has 0 spiro atoms. The van der Waals surface area contributed by atoms with Crippen LogP contribution in [-0.2, 0) is 14.9 Å². The van der Waals surface area contributed by atoms with Crippen LogP contribution in [-0.4, -0.2) is 18.9 Å². The fourth-order valence-corrected chi connectivity index (χ4v) is 2.73. The third-order valence-corrected chi connectivity index (χ3v) is 4.21. The summed E-state index contributed by atoms with van der Waals surface area (Å²) in [7, 11) is -4.42. The van der Waals surface area contributed by atoms with E-state index in [0.717, 1.165) is 19.3 Å². The van der Waals surface area contributed by atoms with Gasteiger partial charge in [0.25, 0.3) is 10.1 Å². The van der Waals surface area contributed by atoms with Gasteiger partial charge in [0, 0.05) is 6.08 Å². The summed E-state index contributed by atoms with van der Waals surface area (Å²) in [6.07, 6.45) is 10.8. The Labute approximate surface area is 138 Å². The number of unbranched alkanes of at least 4 members (excludes halogenated alkanes) is 6. The lowest BCUT2D eigenvalue weighted by molar-refractivity contribution is -0.129. The van der Waals surface area contributed by atoms with E-state index in [4.69, 9.17) is 9.29 Å². The molecule has 1 aromatic rings. The Kier molecular flexibility index (Phi) is 8.58. The molecule has 0 saturated carbocycles. The van der Waals surface area contributed by atoms with Crippen molar-refractivity contribution in [1.82, 2.24) is 0 Å². The molecule has 0 radical (unpaired) electrons. The lowest BCUT2D eigenvalue weighted by Crippen LogP contribution is -2.08.